The first-order valence-corrected chi connectivity index (χ1v) is 7.76. The molecule has 2 heterocycles. The van der Waals surface area contributed by atoms with Crippen LogP contribution in [-0.2, 0) is 17.4 Å². The molecule has 1 aliphatic heterocycles. The predicted molar refractivity (Wildman–Crippen MR) is 78.0 cm³/mol. The summed E-state index contributed by atoms with van der Waals surface area (Å²) in [5, 5.41) is 6.51. The van der Waals surface area contributed by atoms with E-state index in [1.807, 2.05) is 0 Å². The molecule has 5 nitrogen and oxygen atoms in total. The Morgan fingerprint density at radius 3 is 2.60 bits per heavy atom. The van der Waals surface area contributed by atoms with E-state index in [1.54, 1.807) is 4.90 Å². The summed E-state index contributed by atoms with van der Waals surface area (Å²) < 4.78 is 55.3. The zero-order chi connectivity index (χ0) is 18.0. The molecule has 1 atom stereocenters. The standard InChI is InChI=1S/C16H15F4N3O2/c17-12-5-3-10(4-6-12)8-13(24)23-7-1-2-11(9-23)14-21-22-15(25-14)16(18,19)20/h3-6,11H,1-2,7-9H2. The number of hydrogen-bond donors (Lipinski definition) is 0. The smallest absolute Gasteiger partial charge is 0.417 e. The molecule has 2 aromatic rings. The quantitative estimate of drug-likeness (QED) is 0.792. The van der Waals surface area contributed by atoms with Crippen LogP contribution in [0.4, 0.5) is 17.6 Å². The molecular weight excluding hydrogens is 342 g/mol. The number of aromatic nitrogens is 2. The van der Waals surface area contributed by atoms with Crippen LogP contribution in [0.1, 0.15) is 36.1 Å². The highest BCUT2D eigenvalue weighted by molar-refractivity contribution is 5.78. The van der Waals surface area contributed by atoms with E-state index in [9.17, 15) is 22.4 Å². The van der Waals surface area contributed by atoms with E-state index >= 15 is 0 Å². The number of carbonyl (C=O) groups is 1. The van der Waals surface area contributed by atoms with Crippen LogP contribution in [-0.4, -0.2) is 34.1 Å². The zero-order valence-electron chi connectivity index (χ0n) is 13.1. The molecule has 1 aromatic heterocycles. The van der Waals surface area contributed by atoms with Gasteiger partial charge in [0, 0.05) is 13.1 Å². The maximum Gasteiger partial charge on any atom is 0.470 e. The third kappa shape index (κ3) is 4.15. The summed E-state index contributed by atoms with van der Waals surface area (Å²) in [5.74, 6) is -2.46. The maximum atomic E-state index is 12.9. The Kier molecular flexibility index (Phi) is 4.73. The summed E-state index contributed by atoms with van der Waals surface area (Å²) in [6.45, 7) is 0.732. The molecule has 0 aliphatic carbocycles. The zero-order valence-corrected chi connectivity index (χ0v) is 13.1. The topological polar surface area (TPSA) is 59.2 Å². The second-order valence-electron chi connectivity index (χ2n) is 5.93. The lowest BCUT2D eigenvalue weighted by atomic mass is 9.97. The van der Waals surface area contributed by atoms with E-state index in [1.165, 1.54) is 24.3 Å². The number of carbonyl (C=O) groups excluding carboxylic acids is 1. The van der Waals surface area contributed by atoms with Gasteiger partial charge in [0.2, 0.25) is 11.8 Å². The fourth-order valence-corrected chi connectivity index (χ4v) is 2.81. The minimum Gasteiger partial charge on any atom is -0.417 e. The van der Waals surface area contributed by atoms with Crippen molar-refractivity contribution in [3.8, 4) is 0 Å². The molecule has 0 radical (unpaired) electrons. The van der Waals surface area contributed by atoms with Crippen molar-refractivity contribution >= 4 is 5.91 Å². The Morgan fingerprint density at radius 1 is 1.24 bits per heavy atom. The fourth-order valence-electron chi connectivity index (χ4n) is 2.81. The molecule has 3 rings (SSSR count). The van der Waals surface area contributed by atoms with Gasteiger partial charge in [0.05, 0.1) is 12.3 Å². The Morgan fingerprint density at radius 2 is 1.96 bits per heavy atom. The van der Waals surface area contributed by atoms with Crippen LogP contribution >= 0.6 is 0 Å². The average molecular weight is 357 g/mol. The van der Waals surface area contributed by atoms with Gasteiger partial charge >= 0.3 is 12.1 Å². The summed E-state index contributed by atoms with van der Waals surface area (Å²) >= 11 is 0. The Bertz CT molecular complexity index is 743. The molecule has 0 bridgehead atoms. The van der Waals surface area contributed by atoms with Gasteiger partial charge < -0.3 is 9.32 Å². The van der Waals surface area contributed by atoms with Gasteiger partial charge in [-0.25, -0.2) is 4.39 Å². The van der Waals surface area contributed by atoms with Crippen molar-refractivity contribution in [1.82, 2.24) is 15.1 Å². The second-order valence-corrected chi connectivity index (χ2v) is 5.93. The number of likely N-dealkylation sites (tertiary alicyclic amines) is 1. The van der Waals surface area contributed by atoms with Crippen molar-refractivity contribution in [3.63, 3.8) is 0 Å². The highest BCUT2D eigenvalue weighted by Gasteiger charge is 2.39. The van der Waals surface area contributed by atoms with Gasteiger partial charge in [-0.1, -0.05) is 12.1 Å². The number of piperidine rings is 1. The molecule has 1 saturated heterocycles. The van der Waals surface area contributed by atoms with Crippen LogP contribution in [0.25, 0.3) is 0 Å². The van der Waals surface area contributed by atoms with Crippen LogP contribution in [0.5, 0.6) is 0 Å². The van der Waals surface area contributed by atoms with Gasteiger partial charge in [-0.3, -0.25) is 4.79 Å². The van der Waals surface area contributed by atoms with Crippen LogP contribution in [0.3, 0.4) is 0 Å². The molecule has 9 heteroatoms. The molecule has 0 N–H and O–H groups in total. The number of hydrogen-bond acceptors (Lipinski definition) is 4. The molecule has 1 amide bonds. The maximum absolute atomic E-state index is 12.9. The van der Waals surface area contributed by atoms with Crippen LogP contribution < -0.4 is 0 Å². The van der Waals surface area contributed by atoms with E-state index in [4.69, 9.17) is 4.42 Å². The van der Waals surface area contributed by atoms with E-state index < -0.39 is 18.0 Å². The molecule has 1 aliphatic rings. The predicted octanol–water partition coefficient (Wildman–Crippen LogP) is 3.18. The highest BCUT2D eigenvalue weighted by atomic mass is 19.4. The van der Waals surface area contributed by atoms with E-state index in [0.29, 0.717) is 24.9 Å². The number of nitrogens with zero attached hydrogens (tertiary/aromatic N) is 3. The lowest BCUT2D eigenvalue weighted by Crippen LogP contribution is -2.40. The van der Waals surface area contributed by atoms with Crippen LogP contribution in [0.2, 0.25) is 0 Å². The minimum absolute atomic E-state index is 0.102. The Labute approximate surface area is 140 Å². The van der Waals surface area contributed by atoms with E-state index in [0.717, 1.165) is 0 Å². The monoisotopic (exact) mass is 357 g/mol. The normalized spacial score (nSPS) is 18.4. The van der Waals surface area contributed by atoms with Crippen molar-refractivity contribution in [2.24, 2.45) is 0 Å². The molecule has 25 heavy (non-hydrogen) atoms. The third-order valence-electron chi connectivity index (χ3n) is 4.08. The number of benzene rings is 1. The lowest BCUT2D eigenvalue weighted by Gasteiger charge is -2.31. The van der Waals surface area contributed by atoms with Crippen LogP contribution in [0, 0.1) is 5.82 Å². The third-order valence-corrected chi connectivity index (χ3v) is 4.08. The summed E-state index contributed by atoms with van der Waals surface area (Å²) in [6.07, 6.45) is -3.38. The molecule has 1 fully saturated rings. The van der Waals surface area contributed by atoms with Crippen LogP contribution in [0.15, 0.2) is 28.7 Å². The number of amides is 1. The first-order chi connectivity index (χ1) is 11.8. The fraction of sp³-hybridized carbons (Fsp3) is 0.438. The summed E-state index contributed by atoms with van der Waals surface area (Å²) in [6, 6.07) is 5.61. The van der Waals surface area contributed by atoms with E-state index in [-0.39, 0.29) is 30.6 Å². The first kappa shape index (κ1) is 17.4. The van der Waals surface area contributed by atoms with Gasteiger partial charge in [0.25, 0.3) is 0 Å². The van der Waals surface area contributed by atoms with Crippen molar-refractivity contribution in [3.05, 3.63) is 47.4 Å². The Balaban J connectivity index is 1.65. The highest BCUT2D eigenvalue weighted by Crippen LogP contribution is 2.32. The van der Waals surface area contributed by atoms with Gasteiger partial charge in [0.1, 0.15) is 5.82 Å². The number of alkyl halides is 3. The molecule has 0 spiro atoms. The average Bonchev–Trinajstić information content (AvgIpc) is 3.07. The summed E-state index contributed by atoms with van der Waals surface area (Å²) in [5.41, 5.74) is 0.672. The second kappa shape index (κ2) is 6.81. The van der Waals surface area contributed by atoms with Gasteiger partial charge in [-0.05, 0) is 30.5 Å². The number of rotatable bonds is 3. The molecule has 0 saturated carbocycles. The first-order valence-electron chi connectivity index (χ1n) is 7.76. The van der Waals surface area contributed by atoms with E-state index in [2.05, 4.69) is 10.2 Å². The SMILES string of the molecule is O=C(Cc1ccc(F)cc1)N1CCCC(c2nnc(C(F)(F)F)o2)C1. The summed E-state index contributed by atoms with van der Waals surface area (Å²) in [7, 11) is 0. The van der Waals surface area contributed by atoms with Gasteiger partial charge in [-0.2, -0.15) is 13.2 Å². The molecule has 134 valence electrons. The van der Waals surface area contributed by atoms with Crippen molar-refractivity contribution in [1.29, 1.82) is 0 Å². The van der Waals surface area contributed by atoms with Crippen molar-refractivity contribution in [2.75, 3.05) is 13.1 Å². The summed E-state index contributed by atoms with van der Waals surface area (Å²) in [4.78, 5) is 13.9. The molecule has 1 aromatic carbocycles. The molecule has 1 unspecified atom stereocenters. The minimum atomic E-state index is -4.68. The largest absolute Gasteiger partial charge is 0.470 e. The Hall–Kier alpha value is -2.45. The van der Waals surface area contributed by atoms with Gasteiger partial charge in [-0.15, -0.1) is 10.2 Å². The molecular formula is C16H15F4N3O2. The van der Waals surface area contributed by atoms with Crippen molar-refractivity contribution in [2.45, 2.75) is 31.4 Å². The lowest BCUT2D eigenvalue weighted by molar-refractivity contribution is -0.157. The van der Waals surface area contributed by atoms with Crippen molar-refractivity contribution < 1.29 is 26.8 Å². The van der Waals surface area contributed by atoms with Gasteiger partial charge in [0.15, 0.2) is 0 Å². The number of halogens is 4.